The number of aliphatic hydroxyl groups is 1. The minimum Gasteiger partial charge on any atom is -0.466 e. The number of ether oxygens (including phenoxy) is 1. The summed E-state index contributed by atoms with van der Waals surface area (Å²) in [5, 5.41) is 9.77. The molecule has 94 valence electrons. The van der Waals surface area contributed by atoms with E-state index in [0.717, 1.165) is 19.6 Å². The molecule has 0 aromatic heterocycles. The van der Waals surface area contributed by atoms with Crippen LogP contribution in [0.4, 0.5) is 0 Å². The smallest absolute Gasteiger partial charge is 0.354 e. The van der Waals surface area contributed by atoms with Gasteiger partial charge < -0.3 is 9.84 Å². The van der Waals surface area contributed by atoms with Gasteiger partial charge in [-0.1, -0.05) is 17.7 Å². The molecule has 0 fully saturated rings. The van der Waals surface area contributed by atoms with Gasteiger partial charge in [0.05, 0.1) is 12.0 Å². The van der Waals surface area contributed by atoms with Crippen molar-refractivity contribution in [3.05, 3.63) is 29.8 Å². The summed E-state index contributed by atoms with van der Waals surface area (Å²) in [6.07, 6.45) is 0. The number of aryl methyl sites for hydroxylation is 1. The van der Waals surface area contributed by atoms with Gasteiger partial charge in [0.15, 0.2) is 0 Å². The predicted octanol–water partition coefficient (Wildman–Crippen LogP) is 0.650. The summed E-state index contributed by atoms with van der Waals surface area (Å²) < 4.78 is 28.3. The molecule has 0 spiro atoms. The highest BCUT2D eigenvalue weighted by Crippen LogP contribution is 2.24. The first-order valence-corrected chi connectivity index (χ1v) is 6.34. The molecule has 0 amide bonds. The fourth-order valence-corrected chi connectivity index (χ4v) is 2.50. The molecule has 5 nitrogen and oxygen atoms in total. The molecule has 0 aliphatic heterocycles. The molecule has 0 heterocycles. The molecule has 0 bridgehead atoms. The molecular formula is C11H14O5S. The van der Waals surface area contributed by atoms with E-state index in [4.69, 9.17) is 0 Å². The Balaban J connectivity index is 3.29. The highest BCUT2D eigenvalue weighted by Gasteiger charge is 2.46. The fourth-order valence-electron chi connectivity index (χ4n) is 1.25. The summed E-state index contributed by atoms with van der Waals surface area (Å²) in [7, 11) is -3.17. The summed E-state index contributed by atoms with van der Waals surface area (Å²) >= 11 is 0. The molecule has 0 aliphatic rings. The fraction of sp³-hybridized carbons (Fsp3) is 0.364. The Morgan fingerprint density at radius 2 is 1.76 bits per heavy atom. The van der Waals surface area contributed by atoms with Crippen molar-refractivity contribution >= 4 is 15.8 Å². The van der Waals surface area contributed by atoms with Crippen LogP contribution in [0, 0.1) is 6.92 Å². The van der Waals surface area contributed by atoms with Crippen LogP contribution in [-0.4, -0.2) is 31.5 Å². The van der Waals surface area contributed by atoms with E-state index in [9.17, 15) is 18.3 Å². The second-order valence-electron chi connectivity index (χ2n) is 3.79. The number of methoxy groups -OCH3 is 1. The maximum atomic E-state index is 12.0. The lowest BCUT2D eigenvalue weighted by atomic mass is 10.2. The number of sulfone groups is 1. The van der Waals surface area contributed by atoms with Gasteiger partial charge in [-0.3, -0.25) is 0 Å². The zero-order chi connectivity index (χ0) is 13.3. The van der Waals surface area contributed by atoms with Crippen LogP contribution in [0.15, 0.2) is 29.2 Å². The molecule has 1 rings (SSSR count). The van der Waals surface area contributed by atoms with Crippen LogP contribution in [0.25, 0.3) is 0 Å². The summed E-state index contributed by atoms with van der Waals surface area (Å²) in [6, 6.07) is 5.84. The van der Waals surface area contributed by atoms with Crippen molar-refractivity contribution in [3.63, 3.8) is 0 Å². The van der Waals surface area contributed by atoms with Crippen molar-refractivity contribution < 1.29 is 23.1 Å². The molecule has 0 unspecified atom stereocenters. The van der Waals surface area contributed by atoms with Crippen molar-refractivity contribution in [2.75, 3.05) is 7.11 Å². The molecule has 1 atom stereocenters. The first-order valence-electron chi connectivity index (χ1n) is 4.85. The van der Waals surface area contributed by atoms with Crippen molar-refractivity contribution in [2.24, 2.45) is 0 Å². The van der Waals surface area contributed by atoms with Crippen molar-refractivity contribution in [1.82, 2.24) is 0 Å². The van der Waals surface area contributed by atoms with Crippen LogP contribution in [0.5, 0.6) is 0 Å². The Morgan fingerprint density at radius 3 is 2.18 bits per heavy atom. The van der Waals surface area contributed by atoms with Crippen LogP contribution < -0.4 is 0 Å². The Labute approximate surface area is 100.0 Å². The molecule has 0 saturated carbocycles. The number of carbonyl (C=O) groups is 1. The number of hydrogen-bond acceptors (Lipinski definition) is 5. The molecule has 1 N–H and O–H groups in total. The Bertz CT molecular complexity index is 513. The normalized spacial score (nSPS) is 15.1. The van der Waals surface area contributed by atoms with E-state index in [2.05, 4.69) is 4.74 Å². The Hall–Kier alpha value is -1.40. The molecule has 6 heteroatoms. The number of carbonyl (C=O) groups excluding carboxylic acids is 1. The minimum atomic E-state index is -4.19. The van der Waals surface area contributed by atoms with Crippen molar-refractivity contribution in [1.29, 1.82) is 0 Å². The van der Waals surface area contributed by atoms with Crippen LogP contribution in [-0.2, 0) is 19.4 Å². The maximum Gasteiger partial charge on any atom is 0.354 e. The highest BCUT2D eigenvalue weighted by molar-refractivity contribution is 7.93. The average Bonchev–Trinajstić information content (AvgIpc) is 2.28. The van der Waals surface area contributed by atoms with E-state index in [-0.39, 0.29) is 4.90 Å². The Morgan fingerprint density at radius 1 is 1.29 bits per heavy atom. The SMILES string of the molecule is COC(=O)[C@](C)(O)S(=O)(=O)c1ccc(C)cc1. The van der Waals surface area contributed by atoms with E-state index in [1.807, 2.05) is 0 Å². The highest BCUT2D eigenvalue weighted by atomic mass is 32.2. The van der Waals surface area contributed by atoms with Gasteiger partial charge in [-0.05, 0) is 26.0 Å². The minimum absolute atomic E-state index is 0.126. The van der Waals surface area contributed by atoms with Gasteiger partial charge in [0, 0.05) is 0 Å². The second-order valence-corrected chi connectivity index (χ2v) is 6.06. The average molecular weight is 258 g/mol. The summed E-state index contributed by atoms with van der Waals surface area (Å²) in [6.45, 7) is 2.70. The number of rotatable bonds is 3. The number of esters is 1. The van der Waals surface area contributed by atoms with Crippen molar-refractivity contribution in [2.45, 2.75) is 23.7 Å². The molecule has 0 saturated heterocycles. The van der Waals surface area contributed by atoms with Crippen LogP contribution in [0.1, 0.15) is 12.5 Å². The van der Waals surface area contributed by atoms with Crippen LogP contribution in [0.2, 0.25) is 0 Å². The zero-order valence-corrected chi connectivity index (χ0v) is 10.6. The Kier molecular flexibility index (Phi) is 3.59. The largest absolute Gasteiger partial charge is 0.466 e. The number of hydrogen-bond donors (Lipinski definition) is 1. The van der Waals surface area contributed by atoms with Gasteiger partial charge in [0.2, 0.25) is 9.84 Å². The van der Waals surface area contributed by atoms with Gasteiger partial charge in [0.25, 0.3) is 4.93 Å². The summed E-state index contributed by atoms with van der Waals surface area (Å²) in [4.78, 5) is 8.56. The summed E-state index contributed by atoms with van der Waals surface area (Å²) in [5.74, 6) is -1.21. The van der Waals surface area contributed by atoms with Crippen LogP contribution >= 0.6 is 0 Å². The molecule has 1 aromatic rings. The first-order chi connectivity index (χ1) is 7.73. The van der Waals surface area contributed by atoms with Gasteiger partial charge in [-0.2, -0.15) is 0 Å². The maximum absolute atomic E-state index is 12.0. The van der Waals surface area contributed by atoms with E-state index >= 15 is 0 Å². The first kappa shape index (κ1) is 13.7. The van der Waals surface area contributed by atoms with Gasteiger partial charge >= 0.3 is 5.97 Å². The van der Waals surface area contributed by atoms with Crippen molar-refractivity contribution in [3.8, 4) is 0 Å². The van der Waals surface area contributed by atoms with E-state index < -0.39 is 20.7 Å². The third-order valence-corrected chi connectivity index (χ3v) is 4.52. The van der Waals surface area contributed by atoms with Crippen LogP contribution in [0.3, 0.4) is 0 Å². The third-order valence-electron chi connectivity index (χ3n) is 2.42. The topological polar surface area (TPSA) is 80.7 Å². The van der Waals surface area contributed by atoms with E-state index in [1.54, 1.807) is 19.1 Å². The molecule has 1 aromatic carbocycles. The van der Waals surface area contributed by atoms with Gasteiger partial charge in [-0.25, -0.2) is 13.2 Å². The van der Waals surface area contributed by atoms with Gasteiger partial charge in [-0.15, -0.1) is 0 Å². The lowest BCUT2D eigenvalue weighted by Crippen LogP contribution is -2.44. The molecule has 17 heavy (non-hydrogen) atoms. The zero-order valence-electron chi connectivity index (χ0n) is 9.80. The standard InChI is InChI=1S/C11H14O5S/c1-8-4-6-9(7-5-8)17(14,15)11(2,13)10(12)16-3/h4-7,13H,1-3H3/t11-/m1/s1. The monoisotopic (exact) mass is 258 g/mol. The van der Waals surface area contributed by atoms with E-state index in [0.29, 0.717) is 0 Å². The lowest BCUT2D eigenvalue weighted by Gasteiger charge is -2.20. The van der Waals surface area contributed by atoms with E-state index in [1.165, 1.54) is 12.1 Å². The molecular weight excluding hydrogens is 244 g/mol. The summed E-state index contributed by atoms with van der Waals surface area (Å²) in [5.41, 5.74) is 0.877. The molecule has 0 aliphatic carbocycles. The third kappa shape index (κ3) is 2.32. The lowest BCUT2D eigenvalue weighted by molar-refractivity contribution is -0.152. The second kappa shape index (κ2) is 4.46. The van der Waals surface area contributed by atoms with Gasteiger partial charge in [0.1, 0.15) is 0 Å². The number of benzene rings is 1. The predicted molar refractivity (Wildman–Crippen MR) is 61.0 cm³/mol. The molecule has 0 radical (unpaired) electrons. The quantitative estimate of drug-likeness (QED) is 0.805.